The van der Waals surface area contributed by atoms with E-state index >= 15 is 0 Å². The lowest BCUT2D eigenvalue weighted by atomic mass is 10.2. The van der Waals surface area contributed by atoms with Crippen LogP contribution in [0.25, 0.3) is 17.1 Å². The molecule has 0 atom stereocenters. The summed E-state index contributed by atoms with van der Waals surface area (Å²) in [4.78, 5) is 0. The molecule has 0 unspecified atom stereocenters. The second-order valence-corrected chi connectivity index (χ2v) is 2.92. The van der Waals surface area contributed by atoms with Gasteiger partial charge >= 0.3 is 0 Å². The van der Waals surface area contributed by atoms with Crippen molar-refractivity contribution in [2.45, 2.75) is 6.92 Å². The van der Waals surface area contributed by atoms with E-state index in [9.17, 15) is 0 Å². The monoisotopic (exact) mass is 157 g/mol. The Hall–Kier alpha value is -1.50. The number of benzene rings is 1. The highest BCUT2D eigenvalue weighted by Gasteiger charge is 1.99. The van der Waals surface area contributed by atoms with E-state index in [4.69, 9.17) is 0 Å². The van der Waals surface area contributed by atoms with Crippen LogP contribution in [0.15, 0.2) is 37.0 Å². The minimum absolute atomic E-state index is 1.26. The summed E-state index contributed by atoms with van der Waals surface area (Å²) >= 11 is 0. The normalized spacial score (nSPS) is 10.4. The average molecular weight is 157 g/mol. The Morgan fingerprint density at radius 2 is 2.17 bits per heavy atom. The van der Waals surface area contributed by atoms with Gasteiger partial charge in [-0.25, -0.2) is 0 Å². The molecule has 1 heterocycles. The topological polar surface area (TPSA) is 4.93 Å². The highest BCUT2D eigenvalue weighted by atomic mass is 14.9. The number of rotatable bonds is 1. The smallest absolute Gasteiger partial charge is 0.0551 e. The highest BCUT2D eigenvalue weighted by molar-refractivity contribution is 5.84. The maximum absolute atomic E-state index is 3.76. The zero-order valence-electron chi connectivity index (χ0n) is 7.12. The molecule has 60 valence electrons. The SMILES string of the molecule is C=Cn1ccc2cccc(C)c21. The van der Waals surface area contributed by atoms with Crippen LogP contribution in [-0.2, 0) is 0 Å². The molecule has 0 aliphatic carbocycles. The van der Waals surface area contributed by atoms with Crippen molar-refractivity contribution >= 4 is 17.1 Å². The summed E-state index contributed by atoms with van der Waals surface area (Å²) in [5.74, 6) is 0. The maximum Gasteiger partial charge on any atom is 0.0551 e. The summed E-state index contributed by atoms with van der Waals surface area (Å²) in [7, 11) is 0. The summed E-state index contributed by atoms with van der Waals surface area (Å²) in [5.41, 5.74) is 2.55. The minimum atomic E-state index is 1.26. The van der Waals surface area contributed by atoms with Crippen molar-refractivity contribution in [3.05, 3.63) is 42.6 Å². The Balaban J connectivity index is 2.91. The van der Waals surface area contributed by atoms with Gasteiger partial charge in [-0.15, -0.1) is 0 Å². The zero-order chi connectivity index (χ0) is 8.55. The molecule has 2 rings (SSSR count). The molecule has 0 amide bonds. The molecule has 0 N–H and O–H groups in total. The van der Waals surface area contributed by atoms with Gasteiger partial charge in [0.15, 0.2) is 0 Å². The van der Waals surface area contributed by atoms with Crippen LogP contribution in [-0.4, -0.2) is 4.57 Å². The Morgan fingerprint density at radius 3 is 2.92 bits per heavy atom. The molecule has 0 saturated heterocycles. The Kier molecular flexibility index (Phi) is 1.51. The molecule has 0 spiro atoms. The second kappa shape index (κ2) is 2.52. The molecule has 0 aliphatic heterocycles. The first kappa shape index (κ1) is 7.17. The summed E-state index contributed by atoms with van der Waals surface area (Å²) in [5, 5.41) is 1.27. The molecule has 0 aliphatic rings. The van der Waals surface area contributed by atoms with Gasteiger partial charge in [0.05, 0.1) is 5.52 Å². The number of hydrogen-bond donors (Lipinski definition) is 0. The van der Waals surface area contributed by atoms with Crippen molar-refractivity contribution in [2.75, 3.05) is 0 Å². The molecule has 1 heteroatoms. The second-order valence-electron chi connectivity index (χ2n) is 2.92. The number of nitrogens with zero attached hydrogens (tertiary/aromatic N) is 1. The molecule has 12 heavy (non-hydrogen) atoms. The molecule has 0 saturated carbocycles. The molecule has 1 nitrogen and oxygen atoms in total. The van der Waals surface area contributed by atoms with Gasteiger partial charge in [0.2, 0.25) is 0 Å². The van der Waals surface area contributed by atoms with Gasteiger partial charge in [0, 0.05) is 17.8 Å². The van der Waals surface area contributed by atoms with E-state index in [-0.39, 0.29) is 0 Å². The molecule has 0 radical (unpaired) electrons. The summed E-state index contributed by atoms with van der Waals surface area (Å²) < 4.78 is 2.05. The van der Waals surface area contributed by atoms with Crippen LogP contribution in [0.3, 0.4) is 0 Å². The Bertz CT molecular complexity index is 423. The van der Waals surface area contributed by atoms with E-state index < -0.39 is 0 Å². The van der Waals surface area contributed by atoms with E-state index in [1.807, 2.05) is 17.0 Å². The van der Waals surface area contributed by atoms with Gasteiger partial charge in [0.1, 0.15) is 0 Å². The minimum Gasteiger partial charge on any atom is -0.324 e. The molecule has 0 bridgehead atoms. The van der Waals surface area contributed by atoms with Gasteiger partial charge in [0.25, 0.3) is 0 Å². The van der Waals surface area contributed by atoms with E-state index in [1.165, 1.54) is 16.5 Å². The molecule has 1 aromatic carbocycles. The van der Waals surface area contributed by atoms with Crippen LogP contribution >= 0.6 is 0 Å². The molecule has 0 fully saturated rings. The zero-order valence-corrected chi connectivity index (χ0v) is 7.12. The lowest BCUT2D eigenvalue weighted by Gasteiger charge is -1.99. The molecular formula is C11H11N. The standard InChI is InChI=1S/C11H11N/c1-3-12-8-7-10-6-4-5-9(2)11(10)12/h3-8H,1H2,2H3. The van der Waals surface area contributed by atoms with Gasteiger partial charge in [-0.3, -0.25) is 0 Å². The summed E-state index contributed by atoms with van der Waals surface area (Å²) in [6.45, 7) is 5.87. The van der Waals surface area contributed by atoms with E-state index in [2.05, 4.69) is 37.8 Å². The first-order valence-electron chi connectivity index (χ1n) is 4.01. The maximum atomic E-state index is 3.76. The van der Waals surface area contributed by atoms with Crippen LogP contribution in [0.2, 0.25) is 0 Å². The van der Waals surface area contributed by atoms with Crippen LogP contribution in [0.1, 0.15) is 5.56 Å². The molecule has 2 aromatic rings. The van der Waals surface area contributed by atoms with E-state index in [0.29, 0.717) is 0 Å². The number of aryl methyl sites for hydroxylation is 1. The fraction of sp³-hybridized carbons (Fsp3) is 0.0909. The fourth-order valence-electron chi connectivity index (χ4n) is 1.56. The van der Waals surface area contributed by atoms with Gasteiger partial charge < -0.3 is 4.57 Å². The first-order valence-corrected chi connectivity index (χ1v) is 4.01. The largest absolute Gasteiger partial charge is 0.324 e. The van der Waals surface area contributed by atoms with E-state index in [0.717, 1.165) is 0 Å². The van der Waals surface area contributed by atoms with Crippen molar-refractivity contribution < 1.29 is 0 Å². The average Bonchev–Trinajstić information content (AvgIpc) is 2.49. The van der Waals surface area contributed by atoms with Crippen molar-refractivity contribution in [1.29, 1.82) is 0 Å². The van der Waals surface area contributed by atoms with Gasteiger partial charge in [-0.2, -0.15) is 0 Å². The van der Waals surface area contributed by atoms with Crippen molar-refractivity contribution in [1.82, 2.24) is 4.57 Å². The first-order chi connectivity index (χ1) is 5.83. The van der Waals surface area contributed by atoms with Crippen LogP contribution in [0.5, 0.6) is 0 Å². The summed E-state index contributed by atoms with van der Waals surface area (Å²) in [6, 6.07) is 8.40. The third-order valence-electron chi connectivity index (χ3n) is 2.14. The fourth-order valence-corrected chi connectivity index (χ4v) is 1.56. The lowest BCUT2D eigenvalue weighted by Crippen LogP contribution is -1.84. The Morgan fingerprint density at radius 1 is 1.33 bits per heavy atom. The van der Waals surface area contributed by atoms with Crippen molar-refractivity contribution in [3.63, 3.8) is 0 Å². The lowest BCUT2D eigenvalue weighted by molar-refractivity contribution is 1.22. The van der Waals surface area contributed by atoms with Crippen LogP contribution in [0.4, 0.5) is 0 Å². The Labute approximate surface area is 71.9 Å². The van der Waals surface area contributed by atoms with E-state index in [1.54, 1.807) is 0 Å². The highest BCUT2D eigenvalue weighted by Crippen LogP contribution is 2.19. The third kappa shape index (κ3) is 0.866. The number of fused-ring (bicyclic) bond motifs is 1. The molecule has 1 aromatic heterocycles. The van der Waals surface area contributed by atoms with Crippen molar-refractivity contribution in [2.24, 2.45) is 0 Å². The summed E-state index contributed by atoms with van der Waals surface area (Å²) in [6.07, 6.45) is 3.86. The van der Waals surface area contributed by atoms with Gasteiger partial charge in [-0.1, -0.05) is 24.8 Å². The van der Waals surface area contributed by atoms with Crippen LogP contribution in [0, 0.1) is 6.92 Å². The predicted molar refractivity (Wildman–Crippen MR) is 53.1 cm³/mol. The number of aromatic nitrogens is 1. The quantitative estimate of drug-likeness (QED) is 0.599. The number of para-hydroxylation sites is 1. The van der Waals surface area contributed by atoms with Crippen molar-refractivity contribution in [3.8, 4) is 0 Å². The predicted octanol–water partition coefficient (Wildman–Crippen LogP) is 3.05. The third-order valence-corrected chi connectivity index (χ3v) is 2.14. The number of hydrogen-bond acceptors (Lipinski definition) is 0. The van der Waals surface area contributed by atoms with Gasteiger partial charge in [-0.05, 0) is 18.6 Å². The molecular weight excluding hydrogens is 146 g/mol. The van der Waals surface area contributed by atoms with Crippen LogP contribution < -0.4 is 0 Å².